The van der Waals surface area contributed by atoms with Crippen LogP contribution in [0.3, 0.4) is 0 Å². The van der Waals surface area contributed by atoms with E-state index < -0.39 is 0 Å². The van der Waals surface area contributed by atoms with Crippen molar-refractivity contribution >= 4 is 29.9 Å². The van der Waals surface area contributed by atoms with E-state index in [-0.39, 0.29) is 24.0 Å². The molecule has 0 saturated heterocycles. The molecule has 24 heavy (non-hydrogen) atoms. The number of nitrogens with one attached hydrogen (secondary N) is 1. The van der Waals surface area contributed by atoms with Gasteiger partial charge in [0.2, 0.25) is 0 Å². The maximum Gasteiger partial charge on any atom is 0.193 e. The molecule has 0 aliphatic carbocycles. The Labute approximate surface area is 162 Å². The van der Waals surface area contributed by atoms with E-state index in [9.17, 15) is 0 Å². The number of nitrogens with zero attached hydrogens (tertiary/aromatic N) is 2. The van der Waals surface area contributed by atoms with Crippen LogP contribution in [0.5, 0.6) is 5.75 Å². The monoisotopic (exact) mass is 439 g/mol. The van der Waals surface area contributed by atoms with E-state index in [0.29, 0.717) is 0 Å². The largest absolute Gasteiger partial charge is 0.497 e. The van der Waals surface area contributed by atoms with Gasteiger partial charge in [-0.1, -0.05) is 42.5 Å². The summed E-state index contributed by atoms with van der Waals surface area (Å²) in [6.07, 6.45) is 0.982. The van der Waals surface area contributed by atoms with E-state index in [4.69, 9.17) is 4.74 Å². The van der Waals surface area contributed by atoms with Crippen LogP contribution in [-0.2, 0) is 13.0 Å². The van der Waals surface area contributed by atoms with Crippen molar-refractivity contribution in [1.29, 1.82) is 0 Å². The van der Waals surface area contributed by atoms with Crippen LogP contribution in [-0.4, -0.2) is 38.6 Å². The van der Waals surface area contributed by atoms with Gasteiger partial charge in [0.1, 0.15) is 5.75 Å². The third-order valence-corrected chi connectivity index (χ3v) is 3.69. The molecule has 5 heteroatoms. The van der Waals surface area contributed by atoms with Gasteiger partial charge in [-0.15, -0.1) is 24.0 Å². The molecule has 0 aromatic heterocycles. The maximum atomic E-state index is 5.19. The van der Waals surface area contributed by atoms with E-state index in [2.05, 4.69) is 51.6 Å². The van der Waals surface area contributed by atoms with Crippen LogP contribution in [0.1, 0.15) is 11.1 Å². The molecule has 4 nitrogen and oxygen atoms in total. The molecule has 0 atom stereocenters. The second-order valence-corrected chi connectivity index (χ2v) is 5.41. The molecule has 0 unspecified atom stereocenters. The molecule has 0 saturated carbocycles. The summed E-state index contributed by atoms with van der Waals surface area (Å²) in [7, 11) is 5.54. The number of methoxy groups -OCH3 is 1. The smallest absolute Gasteiger partial charge is 0.193 e. The fraction of sp³-hybridized carbons (Fsp3) is 0.316. The van der Waals surface area contributed by atoms with Gasteiger partial charge in [0.15, 0.2) is 5.96 Å². The van der Waals surface area contributed by atoms with Crippen LogP contribution < -0.4 is 10.1 Å². The fourth-order valence-electron chi connectivity index (χ4n) is 2.43. The van der Waals surface area contributed by atoms with Gasteiger partial charge in [0.25, 0.3) is 0 Å². The minimum absolute atomic E-state index is 0. The zero-order valence-electron chi connectivity index (χ0n) is 14.5. The summed E-state index contributed by atoms with van der Waals surface area (Å²) in [6, 6.07) is 18.6. The van der Waals surface area contributed by atoms with Crippen molar-refractivity contribution < 1.29 is 4.74 Å². The fourth-order valence-corrected chi connectivity index (χ4v) is 2.43. The molecule has 0 amide bonds. The van der Waals surface area contributed by atoms with Crippen molar-refractivity contribution in [2.75, 3.05) is 27.7 Å². The van der Waals surface area contributed by atoms with E-state index in [1.165, 1.54) is 11.1 Å². The number of aliphatic imine (C=N–C) groups is 1. The molecule has 0 spiro atoms. The Morgan fingerprint density at radius 2 is 1.71 bits per heavy atom. The van der Waals surface area contributed by atoms with Gasteiger partial charge in [-0.05, 0) is 29.7 Å². The highest BCUT2D eigenvalue weighted by molar-refractivity contribution is 14.0. The van der Waals surface area contributed by atoms with Gasteiger partial charge < -0.3 is 15.0 Å². The maximum absolute atomic E-state index is 5.19. The quantitative estimate of drug-likeness (QED) is 0.425. The summed E-state index contributed by atoms with van der Waals surface area (Å²) >= 11 is 0. The molecule has 130 valence electrons. The Bertz CT molecular complexity index is 614. The van der Waals surface area contributed by atoms with Crippen LogP contribution in [0.2, 0.25) is 0 Å². The zero-order chi connectivity index (χ0) is 16.5. The van der Waals surface area contributed by atoms with E-state index in [1.54, 1.807) is 7.11 Å². The normalized spacial score (nSPS) is 10.7. The van der Waals surface area contributed by atoms with Crippen molar-refractivity contribution in [3.8, 4) is 5.75 Å². The topological polar surface area (TPSA) is 36.9 Å². The Morgan fingerprint density at radius 3 is 2.29 bits per heavy atom. The van der Waals surface area contributed by atoms with Crippen LogP contribution in [0.4, 0.5) is 0 Å². The second-order valence-electron chi connectivity index (χ2n) is 5.41. The third kappa shape index (κ3) is 6.39. The summed E-state index contributed by atoms with van der Waals surface area (Å²) in [4.78, 5) is 6.47. The molecule has 0 fully saturated rings. The molecule has 2 aromatic rings. The van der Waals surface area contributed by atoms with E-state index in [1.807, 2.05) is 32.3 Å². The lowest BCUT2D eigenvalue weighted by atomic mass is 10.1. The first-order valence-corrected chi connectivity index (χ1v) is 7.81. The van der Waals surface area contributed by atoms with E-state index in [0.717, 1.165) is 31.2 Å². The molecule has 0 bridgehead atoms. The lowest BCUT2D eigenvalue weighted by Crippen LogP contribution is -2.39. The average Bonchev–Trinajstić information content (AvgIpc) is 2.60. The van der Waals surface area contributed by atoms with Crippen molar-refractivity contribution in [1.82, 2.24) is 10.2 Å². The summed E-state index contributed by atoms with van der Waals surface area (Å²) in [5.74, 6) is 1.78. The first-order valence-electron chi connectivity index (χ1n) is 7.81. The number of hydrogen-bond acceptors (Lipinski definition) is 2. The Morgan fingerprint density at radius 1 is 1.04 bits per heavy atom. The van der Waals surface area contributed by atoms with Crippen LogP contribution in [0.15, 0.2) is 59.6 Å². The van der Waals surface area contributed by atoms with Crippen molar-refractivity contribution in [2.45, 2.75) is 13.0 Å². The molecule has 2 rings (SSSR count). The van der Waals surface area contributed by atoms with Crippen LogP contribution in [0, 0.1) is 0 Å². The first kappa shape index (κ1) is 20.3. The predicted octanol–water partition coefficient (Wildman–Crippen LogP) is 3.56. The number of guanidine groups is 1. The number of halogens is 1. The van der Waals surface area contributed by atoms with Gasteiger partial charge in [-0.25, -0.2) is 0 Å². The van der Waals surface area contributed by atoms with Crippen LogP contribution in [0.25, 0.3) is 0 Å². The molecule has 0 radical (unpaired) electrons. The van der Waals surface area contributed by atoms with Crippen molar-refractivity contribution in [3.63, 3.8) is 0 Å². The molecule has 1 N–H and O–H groups in total. The van der Waals surface area contributed by atoms with Gasteiger partial charge in [0.05, 0.1) is 7.11 Å². The molecule has 2 aromatic carbocycles. The predicted molar refractivity (Wildman–Crippen MR) is 111 cm³/mol. The highest BCUT2D eigenvalue weighted by atomic mass is 127. The standard InChI is InChI=1S/C19H25N3O.HI/c1-20-19(21-14-13-16-7-5-4-6-8-16)22(2)15-17-9-11-18(23-3)12-10-17;/h4-12H,13-15H2,1-3H3,(H,20,21);1H. The number of benzene rings is 2. The van der Waals surface area contributed by atoms with Crippen molar-refractivity contribution in [3.05, 3.63) is 65.7 Å². The van der Waals surface area contributed by atoms with E-state index >= 15 is 0 Å². The highest BCUT2D eigenvalue weighted by Gasteiger charge is 2.06. The highest BCUT2D eigenvalue weighted by Crippen LogP contribution is 2.12. The van der Waals surface area contributed by atoms with Crippen LogP contribution >= 0.6 is 24.0 Å². The third-order valence-electron chi connectivity index (χ3n) is 3.69. The van der Waals surface area contributed by atoms with Gasteiger partial charge >= 0.3 is 0 Å². The van der Waals surface area contributed by atoms with Gasteiger partial charge in [0, 0.05) is 27.2 Å². The van der Waals surface area contributed by atoms with Gasteiger partial charge in [-0.2, -0.15) is 0 Å². The zero-order valence-corrected chi connectivity index (χ0v) is 16.9. The SMILES string of the molecule is CN=C(NCCc1ccccc1)N(C)Cc1ccc(OC)cc1.I. The Hall–Kier alpha value is -1.76. The minimum Gasteiger partial charge on any atom is -0.497 e. The number of ether oxygens (including phenoxy) is 1. The summed E-state index contributed by atoms with van der Waals surface area (Å²) in [6.45, 7) is 1.67. The summed E-state index contributed by atoms with van der Waals surface area (Å²) in [5.41, 5.74) is 2.55. The summed E-state index contributed by atoms with van der Waals surface area (Å²) < 4.78 is 5.19. The Kier molecular flexibility index (Phi) is 9.22. The molecule has 0 aliphatic heterocycles. The summed E-state index contributed by atoms with van der Waals surface area (Å²) in [5, 5.41) is 3.41. The molecular weight excluding hydrogens is 413 g/mol. The lowest BCUT2D eigenvalue weighted by molar-refractivity contribution is 0.414. The second kappa shape index (κ2) is 10.9. The number of hydrogen-bond donors (Lipinski definition) is 1. The van der Waals surface area contributed by atoms with Gasteiger partial charge in [-0.3, -0.25) is 4.99 Å². The number of rotatable bonds is 6. The lowest BCUT2D eigenvalue weighted by Gasteiger charge is -2.22. The first-order chi connectivity index (χ1) is 11.2. The Balaban J connectivity index is 0.00000288. The molecular formula is C19H26IN3O. The minimum atomic E-state index is 0. The molecule has 0 aliphatic rings. The molecule has 0 heterocycles. The average molecular weight is 439 g/mol. The van der Waals surface area contributed by atoms with Crippen molar-refractivity contribution in [2.24, 2.45) is 4.99 Å².